The van der Waals surface area contributed by atoms with Gasteiger partial charge in [-0.25, -0.2) is 9.97 Å². The minimum Gasteiger partial charge on any atom is -0.497 e. The Bertz CT molecular complexity index is 987. The van der Waals surface area contributed by atoms with Gasteiger partial charge < -0.3 is 14.5 Å². The lowest BCUT2D eigenvalue weighted by Crippen LogP contribution is -2.32. The minimum atomic E-state index is 0.864. The van der Waals surface area contributed by atoms with Crippen LogP contribution in [0.25, 0.3) is 11.1 Å². The summed E-state index contributed by atoms with van der Waals surface area (Å²) in [7, 11) is 1.70. The molecule has 5 heteroatoms. The second-order valence-electron chi connectivity index (χ2n) is 7.62. The van der Waals surface area contributed by atoms with Gasteiger partial charge in [-0.3, -0.25) is 0 Å². The molecule has 3 aromatic rings. The van der Waals surface area contributed by atoms with Crippen molar-refractivity contribution in [1.29, 1.82) is 0 Å². The Hall–Kier alpha value is -3.08. The molecule has 0 saturated carbocycles. The summed E-state index contributed by atoms with van der Waals surface area (Å²) in [5.41, 5.74) is 4.69. The standard InChI is InChI=1S/C25H30N4O/c1-4-6-17-28-22-9-8-15-26-24(22)29(18-7-5-2)25-23(28)21(14-16-27-25)19-10-12-20(30-3)13-11-19/h8-16H,4-7,17-18H2,1-3H3. The van der Waals surface area contributed by atoms with Crippen molar-refractivity contribution in [2.24, 2.45) is 0 Å². The number of hydrogen-bond acceptors (Lipinski definition) is 5. The fourth-order valence-electron chi connectivity index (χ4n) is 4.01. The molecule has 0 spiro atoms. The Labute approximate surface area is 179 Å². The summed E-state index contributed by atoms with van der Waals surface area (Å²) in [5.74, 6) is 2.87. The van der Waals surface area contributed by atoms with Crippen LogP contribution in [0.4, 0.5) is 23.0 Å². The summed E-state index contributed by atoms with van der Waals surface area (Å²) in [5, 5.41) is 0. The van der Waals surface area contributed by atoms with Crippen LogP contribution in [0.15, 0.2) is 54.9 Å². The summed E-state index contributed by atoms with van der Waals surface area (Å²) < 4.78 is 5.36. The molecule has 0 atom stereocenters. The van der Waals surface area contributed by atoms with Crippen molar-refractivity contribution < 1.29 is 4.74 Å². The predicted octanol–water partition coefficient (Wildman–Crippen LogP) is 6.34. The van der Waals surface area contributed by atoms with Gasteiger partial charge in [0.25, 0.3) is 0 Å². The van der Waals surface area contributed by atoms with Gasteiger partial charge in [-0.2, -0.15) is 0 Å². The van der Waals surface area contributed by atoms with Crippen LogP contribution >= 0.6 is 0 Å². The highest BCUT2D eigenvalue weighted by Crippen LogP contribution is 2.49. The lowest BCUT2D eigenvalue weighted by molar-refractivity contribution is 0.415. The smallest absolute Gasteiger partial charge is 0.158 e. The number of benzene rings is 1. The molecule has 5 nitrogen and oxygen atoms in total. The SMILES string of the molecule is CCCCN1c2ncccc2N(CCCC)c2c(-c3ccc(OC)cc3)ccnc21. The summed E-state index contributed by atoms with van der Waals surface area (Å²) in [6.07, 6.45) is 8.28. The van der Waals surface area contributed by atoms with Crippen LogP contribution in [-0.2, 0) is 0 Å². The van der Waals surface area contributed by atoms with Crippen LogP contribution < -0.4 is 14.5 Å². The maximum Gasteiger partial charge on any atom is 0.158 e. The van der Waals surface area contributed by atoms with E-state index in [4.69, 9.17) is 14.7 Å². The van der Waals surface area contributed by atoms with E-state index < -0.39 is 0 Å². The van der Waals surface area contributed by atoms with Crippen LogP contribution in [-0.4, -0.2) is 30.2 Å². The third-order valence-corrected chi connectivity index (χ3v) is 5.61. The number of nitrogens with zero attached hydrogens (tertiary/aromatic N) is 4. The van der Waals surface area contributed by atoms with E-state index in [1.54, 1.807) is 7.11 Å². The van der Waals surface area contributed by atoms with E-state index >= 15 is 0 Å². The number of pyridine rings is 2. The molecule has 0 saturated heterocycles. The van der Waals surface area contributed by atoms with Crippen molar-refractivity contribution in [3.63, 3.8) is 0 Å². The molecule has 1 aliphatic rings. The number of rotatable bonds is 8. The molecule has 1 aromatic carbocycles. The van der Waals surface area contributed by atoms with Gasteiger partial charge in [0.2, 0.25) is 0 Å². The quantitative estimate of drug-likeness (QED) is 0.440. The third kappa shape index (κ3) is 3.72. The topological polar surface area (TPSA) is 41.5 Å². The van der Waals surface area contributed by atoms with Crippen LogP contribution in [0.1, 0.15) is 39.5 Å². The molecule has 2 aromatic heterocycles. The monoisotopic (exact) mass is 402 g/mol. The Balaban J connectivity index is 1.89. The number of ether oxygens (including phenoxy) is 1. The Morgan fingerprint density at radius 3 is 2.20 bits per heavy atom. The number of fused-ring (bicyclic) bond motifs is 2. The number of anilines is 4. The van der Waals surface area contributed by atoms with E-state index in [0.29, 0.717) is 0 Å². The van der Waals surface area contributed by atoms with E-state index in [2.05, 4.69) is 47.9 Å². The average Bonchev–Trinajstić information content (AvgIpc) is 2.81. The second kappa shape index (κ2) is 9.16. The molecular weight excluding hydrogens is 372 g/mol. The largest absolute Gasteiger partial charge is 0.497 e. The van der Waals surface area contributed by atoms with E-state index in [1.165, 1.54) is 16.8 Å². The Morgan fingerprint density at radius 2 is 1.50 bits per heavy atom. The fraction of sp³-hybridized carbons (Fsp3) is 0.360. The van der Waals surface area contributed by atoms with Crippen molar-refractivity contribution in [3.8, 4) is 16.9 Å². The highest BCUT2D eigenvalue weighted by Gasteiger charge is 2.32. The molecular formula is C25H30N4O. The van der Waals surface area contributed by atoms with Crippen LogP contribution in [0.3, 0.4) is 0 Å². The van der Waals surface area contributed by atoms with Gasteiger partial charge in [-0.1, -0.05) is 38.8 Å². The molecule has 30 heavy (non-hydrogen) atoms. The van der Waals surface area contributed by atoms with Gasteiger partial charge in [0.1, 0.15) is 5.75 Å². The van der Waals surface area contributed by atoms with Crippen LogP contribution in [0.5, 0.6) is 5.75 Å². The van der Waals surface area contributed by atoms with Gasteiger partial charge in [-0.05, 0) is 48.7 Å². The molecule has 0 radical (unpaired) electrons. The molecule has 0 bridgehead atoms. The first-order chi connectivity index (χ1) is 14.8. The van der Waals surface area contributed by atoms with Crippen molar-refractivity contribution in [2.75, 3.05) is 30.0 Å². The highest BCUT2D eigenvalue weighted by molar-refractivity contribution is 5.97. The van der Waals surface area contributed by atoms with E-state index in [9.17, 15) is 0 Å². The average molecular weight is 403 g/mol. The predicted molar refractivity (Wildman–Crippen MR) is 124 cm³/mol. The summed E-state index contributed by atoms with van der Waals surface area (Å²) in [4.78, 5) is 14.3. The molecule has 1 aliphatic heterocycles. The van der Waals surface area contributed by atoms with Crippen molar-refractivity contribution in [2.45, 2.75) is 39.5 Å². The van der Waals surface area contributed by atoms with E-state index in [-0.39, 0.29) is 0 Å². The van der Waals surface area contributed by atoms with E-state index in [1.807, 2.05) is 30.6 Å². The van der Waals surface area contributed by atoms with Crippen LogP contribution in [0.2, 0.25) is 0 Å². The van der Waals surface area contributed by atoms with Gasteiger partial charge in [0.05, 0.1) is 18.5 Å². The number of hydrogen-bond donors (Lipinski definition) is 0. The van der Waals surface area contributed by atoms with Gasteiger partial charge in [0, 0.05) is 31.0 Å². The summed E-state index contributed by atoms with van der Waals surface area (Å²) in [6, 6.07) is 14.6. The zero-order valence-corrected chi connectivity index (χ0v) is 18.1. The summed E-state index contributed by atoms with van der Waals surface area (Å²) in [6.45, 7) is 6.31. The fourth-order valence-corrected chi connectivity index (χ4v) is 4.01. The van der Waals surface area contributed by atoms with Gasteiger partial charge in [0.15, 0.2) is 11.6 Å². The Kier molecular flexibility index (Phi) is 6.17. The van der Waals surface area contributed by atoms with Crippen molar-refractivity contribution in [1.82, 2.24) is 9.97 Å². The van der Waals surface area contributed by atoms with Crippen LogP contribution in [0, 0.1) is 0 Å². The zero-order chi connectivity index (χ0) is 20.9. The van der Waals surface area contributed by atoms with Gasteiger partial charge in [-0.15, -0.1) is 0 Å². The molecule has 156 valence electrons. The first-order valence-corrected chi connectivity index (χ1v) is 10.9. The first-order valence-electron chi connectivity index (χ1n) is 10.9. The maximum absolute atomic E-state index is 5.36. The molecule has 3 heterocycles. The zero-order valence-electron chi connectivity index (χ0n) is 18.1. The molecule has 0 N–H and O–H groups in total. The van der Waals surface area contributed by atoms with Gasteiger partial charge >= 0.3 is 0 Å². The molecule has 0 amide bonds. The molecule has 0 aliphatic carbocycles. The van der Waals surface area contributed by atoms with Crippen molar-refractivity contribution >= 4 is 23.0 Å². The second-order valence-corrected chi connectivity index (χ2v) is 7.62. The minimum absolute atomic E-state index is 0.864. The highest BCUT2D eigenvalue weighted by atomic mass is 16.5. The Morgan fingerprint density at radius 1 is 0.800 bits per heavy atom. The summed E-state index contributed by atoms with van der Waals surface area (Å²) >= 11 is 0. The molecule has 0 fully saturated rings. The lowest BCUT2D eigenvalue weighted by Gasteiger charge is -2.39. The number of unbranched alkanes of at least 4 members (excludes halogenated alkanes) is 2. The lowest BCUT2D eigenvalue weighted by atomic mass is 10.0. The molecule has 0 unspecified atom stereocenters. The van der Waals surface area contributed by atoms with Crippen molar-refractivity contribution in [3.05, 3.63) is 54.9 Å². The third-order valence-electron chi connectivity index (χ3n) is 5.61. The first kappa shape index (κ1) is 20.2. The number of methoxy groups -OCH3 is 1. The number of aromatic nitrogens is 2. The molecule has 4 rings (SSSR count). The van der Waals surface area contributed by atoms with E-state index in [0.717, 1.165) is 61.8 Å². The maximum atomic E-state index is 5.36. The normalized spacial score (nSPS) is 12.5.